The van der Waals surface area contributed by atoms with Gasteiger partial charge in [0.15, 0.2) is 0 Å². The molecule has 19 heavy (non-hydrogen) atoms. The Kier molecular flexibility index (Phi) is 4.24. The number of hydrogen-bond donors (Lipinski definition) is 1. The Morgan fingerprint density at radius 1 is 1.53 bits per heavy atom. The van der Waals surface area contributed by atoms with Crippen molar-refractivity contribution >= 4 is 15.7 Å². The fraction of sp³-hybridized carbons (Fsp3) is 0.364. The molecule has 0 aliphatic heterocycles. The van der Waals surface area contributed by atoms with Crippen molar-refractivity contribution in [3.8, 4) is 6.07 Å². The molecule has 0 saturated heterocycles. The summed E-state index contributed by atoms with van der Waals surface area (Å²) in [7, 11) is -3.98. The monoisotopic (exact) mass is 283 g/mol. The minimum Gasteiger partial charge on any atom is -0.258 e. The van der Waals surface area contributed by atoms with Crippen LogP contribution in [0.25, 0.3) is 0 Å². The molecular formula is C11H13N3O4S. The first-order chi connectivity index (χ1) is 8.74. The summed E-state index contributed by atoms with van der Waals surface area (Å²) in [5.74, 6) is 0. The molecule has 0 aliphatic rings. The van der Waals surface area contributed by atoms with Crippen molar-refractivity contribution in [2.45, 2.75) is 30.7 Å². The van der Waals surface area contributed by atoms with Crippen LogP contribution in [0.5, 0.6) is 0 Å². The van der Waals surface area contributed by atoms with E-state index in [-0.39, 0.29) is 17.0 Å². The minimum absolute atomic E-state index is 0.239. The second kappa shape index (κ2) is 5.34. The molecule has 1 atom stereocenters. The van der Waals surface area contributed by atoms with Crippen LogP contribution in [-0.2, 0) is 10.0 Å². The van der Waals surface area contributed by atoms with Crippen LogP contribution >= 0.6 is 0 Å². The summed E-state index contributed by atoms with van der Waals surface area (Å²) in [5.41, 5.74) is -1.57. The molecule has 0 saturated carbocycles. The van der Waals surface area contributed by atoms with Crippen molar-refractivity contribution in [1.82, 2.24) is 4.72 Å². The van der Waals surface area contributed by atoms with Gasteiger partial charge in [0.2, 0.25) is 10.0 Å². The highest BCUT2D eigenvalue weighted by Crippen LogP contribution is 2.19. The van der Waals surface area contributed by atoms with Crippen LogP contribution in [-0.4, -0.2) is 18.9 Å². The molecule has 0 aliphatic carbocycles. The molecular weight excluding hydrogens is 270 g/mol. The largest absolute Gasteiger partial charge is 0.270 e. The number of nitro groups is 1. The van der Waals surface area contributed by atoms with Crippen LogP contribution in [0.15, 0.2) is 29.2 Å². The number of nitro benzene ring substituents is 1. The molecule has 102 valence electrons. The van der Waals surface area contributed by atoms with E-state index in [1.807, 2.05) is 6.07 Å². The Labute approximate surface area is 111 Å². The number of nitrogens with zero attached hydrogens (tertiary/aromatic N) is 2. The van der Waals surface area contributed by atoms with Gasteiger partial charge >= 0.3 is 0 Å². The maximum absolute atomic E-state index is 12.1. The third-order valence-electron chi connectivity index (χ3n) is 2.65. The van der Waals surface area contributed by atoms with Gasteiger partial charge in [0, 0.05) is 12.1 Å². The smallest absolute Gasteiger partial charge is 0.258 e. The van der Waals surface area contributed by atoms with Gasteiger partial charge in [-0.2, -0.15) is 9.98 Å². The highest BCUT2D eigenvalue weighted by atomic mass is 32.2. The zero-order valence-electron chi connectivity index (χ0n) is 10.5. The molecule has 1 aromatic rings. The molecule has 0 amide bonds. The second-order valence-corrected chi connectivity index (χ2v) is 5.84. The Morgan fingerprint density at radius 2 is 2.16 bits per heavy atom. The van der Waals surface area contributed by atoms with Gasteiger partial charge in [0.05, 0.1) is 15.9 Å². The minimum atomic E-state index is -3.98. The SMILES string of the molecule is CCC(C)(C#N)NS(=O)(=O)c1cccc([N+](=O)[O-])c1. The fourth-order valence-electron chi connectivity index (χ4n) is 1.29. The third kappa shape index (κ3) is 3.49. The lowest BCUT2D eigenvalue weighted by molar-refractivity contribution is -0.385. The summed E-state index contributed by atoms with van der Waals surface area (Å²) in [4.78, 5) is 9.70. The van der Waals surface area contributed by atoms with Gasteiger partial charge in [0.25, 0.3) is 5.69 Å². The topological polar surface area (TPSA) is 113 Å². The summed E-state index contributed by atoms with van der Waals surface area (Å²) < 4.78 is 26.4. The summed E-state index contributed by atoms with van der Waals surface area (Å²) in [6.07, 6.45) is 0.275. The summed E-state index contributed by atoms with van der Waals surface area (Å²) >= 11 is 0. The average Bonchev–Trinajstić information content (AvgIpc) is 2.38. The van der Waals surface area contributed by atoms with E-state index in [2.05, 4.69) is 4.72 Å². The van der Waals surface area contributed by atoms with Gasteiger partial charge in [-0.1, -0.05) is 13.0 Å². The highest BCUT2D eigenvalue weighted by molar-refractivity contribution is 7.89. The van der Waals surface area contributed by atoms with E-state index in [0.29, 0.717) is 0 Å². The van der Waals surface area contributed by atoms with Gasteiger partial charge in [-0.05, 0) is 19.4 Å². The van der Waals surface area contributed by atoms with E-state index >= 15 is 0 Å². The first kappa shape index (κ1) is 15.1. The Bertz CT molecular complexity index is 636. The van der Waals surface area contributed by atoms with E-state index in [1.165, 1.54) is 25.1 Å². The molecule has 0 fully saturated rings. The van der Waals surface area contributed by atoms with Crippen LogP contribution in [0.3, 0.4) is 0 Å². The Morgan fingerprint density at radius 3 is 2.63 bits per heavy atom. The zero-order chi connectivity index (χ0) is 14.7. The number of sulfonamides is 1. The quantitative estimate of drug-likeness (QED) is 0.650. The molecule has 0 aromatic heterocycles. The van der Waals surface area contributed by atoms with Crippen LogP contribution in [0, 0.1) is 21.4 Å². The van der Waals surface area contributed by atoms with E-state index in [9.17, 15) is 18.5 Å². The Balaban J connectivity index is 3.19. The second-order valence-electron chi connectivity index (χ2n) is 4.16. The van der Waals surface area contributed by atoms with Crippen molar-refractivity contribution in [3.05, 3.63) is 34.4 Å². The van der Waals surface area contributed by atoms with Crippen LogP contribution in [0.1, 0.15) is 20.3 Å². The van der Waals surface area contributed by atoms with Crippen LogP contribution in [0.2, 0.25) is 0 Å². The van der Waals surface area contributed by atoms with Crippen LogP contribution < -0.4 is 4.72 Å². The summed E-state index contributed by atoms with van der Waals surface area (Å²) in [5, 5.41) is 19.6. The first-order valence-electron chi connectivity index (χ1n) is 5.44. The molecule has 0 bridgehead atoms. The summed E-state index contributed by atoms with van der Waals surface area (Å²) in [6.45, 7) is 3.11. The lowest BCUT2D eigenvalue weighted by Gasteiger charge is -2.20. The Hall–Kier alpha value is -1.98. The molecule has 1 unspecified atom stereocenters. The van der Waals surface area contributed by atoms with Gasteiger partial charge in [0.1, 0.15) is 5.54 Å². The maximum Gasteiger partial charge on any atom is 0.270 e. The van der Waals surface area contributed by atoms with Gasteiger partial charge < -0.3 is 0 Å². The van der Waals surface area contributed by atoms with Crippen LogP contribution in [0.4, 0.5) is 5.69 Å². The maximum atomic E-state index is 12.1. The molecule has 0 radical (unpaired) electrons. The first-order valence-corrected chi connectivity index (χ1v) is 6.92. The predicted molar refractivity (Wildman–Crippen MR) is 67.7 cm³/mol. The van der Waals surface area contributed by atoms with Gasteiger partial charge in [-0.15, -0.1) is 0 Å². The number of rotatable bonds is 5. The lowest BCUT2D eigenvalue weighted by Crippen LogP contribution is -2.44. The van der Waals surface area contributed by atoms with E-state index in [0.717, 1.165) is 6.07 Å². The number of nitriles is 1. The molecule has 1 rings (SSSR count). The number of benzene rings is 1. The third-order valence-corrected chi connectivity index (χ3v) is 4.25. The molecule has 1 aromatic carbocycles. The summed E-state index contributed by atoms with van der Waals surface area (Å²) in [6, 6.07) is 6.54. The fourth-order valence-corrected chi connectivity index (χ4v) is 2.73. The van der Waals surface area contributed by atoms with Crippen molar-refractivity contribution in [2.75, 3.05) is 0 Å². The number of hydrogen-bond acceptors (Lipinski definition) is 5. The molecule has 0 heterocycles. The van der Waals surface area contributed by atoms with E-state index in [4.69, 9.17) is 5.26 Å². The number of nitrogens with one attached hydrogen (secondary N) is 1. The van der Waals surface area contributed by atoms with Crippen molar-refractivity contribution < 1.29 is 13.3 Å². The molecule has 0 spiro atoms. The number of non-ortho nitro benzene ring substituents is 1. The van der Waals surface area contributed by atoms with E-state index in [1.54, 1.807) is 6.92 Å². The van der Waals surface area contributed by atoms with Gasteiger partial charge in [-0.3, -0.25) is 10.1 Å². The molecule has 8 heteroatoms. The molecule has 1 N–H and O–H groups in total. The standard InChI is InChI=1S/C11H13N3O4S/c1-3-11(2,8-12)13-19(17,18)10-6-4-5-9(7-10)14(15)16/h4-7,13H,3H2,1-2H3. The zero-order valence-corrected chi connectivity index (χ0v) is 11.3. The van der Waals surface area contributed by atoms with Crippen molar-refractivity contribution in [1.29, 1.82) is 5.26 Å². The average molecular weight is 283 g/mol. The van der Waals surface area contributed by atoms with Gasteiger partial charge in [-0.25, -0.2) is 8.42 Å². The normalized spacial score (nSPS) is 14.4. The van der Waals surface area contributed by atoms with Crippen molar-refractivity contribution in [2.24, 2.45) is 0 Å². The highest BCUT2D eigenvalue weighted by Gasteiger charge is 2.29. The molecule has 7 nitrogen and oxygen atoms in total. The lowest BCUT2D eigenvalue weighted by atomic mass is 10.0. The predicted octanol–water partition coefficient (Wildman–Crippen LogP) is 1.57. The van der Waals surface area contributed by atoms with Crippen molar-refractivity contribution in [3.63, 3.8) is 0 Å². The van der Waals surface area contributed by atoms with E-state index < -0.39 is 20.5 Å².